The normalized spacial score (nSPS) is 14.8. The van der Waals surface area contributed by atoms with E-state index in [9.17, 15) is 14.7 Å². The van der Waals surface area contributed by atoms with E-state index < -0.39 is 5.97 Å². The highest BCUT2D eigenvalue weighted by atomic mass is 16.4. The van der Waals surface area contributed by atoms with Gasteiger partial charge in [0.1, 0.15) is 5.69 Å². The number of amides is 1. The van der Waals surface area contributed by atoms with Gasteiger partial charge in [0, 0.05) is 48.2 Å². The molecule has 0 spiro atoms. The van der Waals surface area contributed by atoms with E-state index in [0.717, 1.165) is 29.7 Å². The minimum absolute atomic E-state index is 0.0899. The molecule has 1 fully saturated rings. The fourth-order valence-electron chi connectivity index (χ4n) is 3.26. The lowest BCUT2D eigenvalue weighted by Crippen LogP contribution is -2.29. The Morgan fingerprint density at radius 2 is 2.00 bits per heavy atom. The van der Waals surface area contributed by atoms with Gasteiger partial charge in [-0.15, -0.1) is 0 Å². The van der Waals surface area contributed by atoms with Crippen molar-refractivity contribution in [3.05, 3.63) is 29.5 Å². The van der Waals surface area contributed by atoms with Gasteiger partial charge in [0.05, 0.1) is 0 Å². The number of fused-ring (bicyclic) bond motifs is 1. The zero-order valence-corrected chi connectivity index (χ0v) is 13.9. The van der Waals surface area contributed by atoms with Gasteiger partial charge in [0.2, 0.25) is 5.91 Å². The second kappa shape index (κ2) is 6.95. The highest BCUT2D eigenvalue weighted by Crippen LogP contribution is 2.29. The third-order valence-electron chi connectivity index (χ3n) is 4.61. The average molecular weight is 329 g/mol. The smallest absolute Gasteiger partial charge is 0.352 e. The molecule has 2 aromatic rings. The highest BCUT2D eigenvalue weighted by Gasteiger charge is 2.19. The molecule has 6 heteroatoms. The van der Waals surface area contributed by atoms with Crippen LogP contribution >= 0.6 is 0 Å². The summed E-state index contributed by atoms with van der Waals surface area (Å²) < 4.78 is 0. The van der Waals surface area contributed by atoms with Crippen LogP contribution < -0.4 is 10.2 Å². The fourth-order valence-corrected chi connectivity index (χ4v) is 3.26. The zero-order valence-electron chi connectivity index (χ0n) is 13.9. The van der Waals surface area contributed by atoms with Crippen molar-refractivity contribution < 1.29 is 14.7 Å². The number of rotatable bonds is 5. The first-order valence-corrected chi connectivity index (χ1v) is 8.49. The maximum absolute atomic E-state index is 11.6. The number of carboxylic acid groups (broad SMARTS) is 1. The number of carboxylic acids is 1. The van der Waals surface area contributed by atoms with Gasteiger partial charge in [-0.1, -0.05) is 6.92 Å². The Bertz CT molecular complexity index is 760. The summed E-state index contributed by atoms with van der Waals surface area (Å²) in [5, 5.41) is 13.1. The van der Waals surface area contributed by atoms with E-state index in [1.165, 1.54) is 19.3 Å². The minimum Gasteiger partial charge on any atom is -0.477 e. The first-order chi connectivity index (χ1) is 11.6. The number of nitrogens with one attached hydrogen (secondary N) is 2. The summed E-state index contributed by atoms with van der Waals surface area (Å²) in [7, 11) is 0. The number of nitrogens with zero attached hydrogens (tertiary/aromatic N) is 1. The number of benzene rings is 1. The van der Waals surface area contributed by atoms with E-state index in [1.54, 1.807) is 6.92 Å². The summed E-state index contributed by atoms with van der Waals surface area (Å²) in [6.45, 7) is 4.06. The number of carbonyl (C=O) groups excluding carboxylic acids is 1. The van der Waals surface area contributed by atoms with Crippen LogP contribution in [0.15, 0.2) is 18.2 Å². The van der Waals surface area contributed by atoms with E-state index in [-0.39, 0.29) is 18.1 Å². The standard InChI is InChI=1S/C18H23N3O3/c1-2-16(22)19-11-14-13-10-12(21-8-4-3-5-9-21)6-7-15(13)20-17(14)18(23)24/h6-7,10,20H,2-5,8-9,11H2,1H3,(H,19,22)(H,23,24). The number of anilines is 1. The molecule has 3 N–H and O–H groups in total. The van der Waals surface area contributed by atoms with Crippen LogP contribution in [0.5, 0.6) is 0 Å². The summed E-state index contributed by atoms with van der Waals surface area (Å²) in [6.07, 6.45) is 4.01. The molecular formula is C18H23N3O3. The van der Waals surface area contributed by atoms with Crippen molar-refractivity contribution in [3.8, 4) is 0 Å². The molecule has 0 atom stereocenters. The van der Waals surface area contributed by atoms with Gasteiger partial charge in [-0.2, -0.15) is 0 Å². The summed E-state index contributed by atoms with van der Waals surface area (Å²) in [5.74, 6) is -1.10. The molecule has 3 rings (SSSR count). The molecular weight excluding hydrogens is 306 g/mol. The van der Waals surface area contributed by atoms with Crippen molar-refractivity contribution in [2.45, 2.75) is 39.2 Å². The molecule has 0 unspecified atom stereocenters. The summed E-state index contributed by atoms with van der Waals surface area (Å²) in [4.78, 5) is 28.4. The topological polar surface area (TPSA) is 85.4 Å². The Labute approximate surface area is 140 Å². The van der Waals surface area contributed by atoms with Crippen molar-refractivity contribution in [2.24, 2.45) is 0 Å². The van der Waals surface area contributed by atoms with E-state index in [4.69, 9.17) is 0 Å². The number of piperidine rings is 1. The van der Waals surface area contributed by atoms with E-state index in [0.29, 0.717) is 12.0 Å². The number of aromatic amines is 1. The second-order valence-electron chi connectivity index (χ2n) is 6.19. The third-order valence-corrected chi connectivity index (χ3v) is 4.61. The zero-order chi connectivity index (χ0) is 17.1. The first-order valence-electron chi connectivity index (χ1n) is 8.49. The lowest BCUT2D eigenvalue weighted by molar-refractivity contribution is -0.120. The summed E-state index contributed by atoms with van der Waals surface area (Å²) >= 11 is 0. The van der Waals surface area contributed by atoms with Crippen LogP contribution in [0.4, 0.5) is 5.69 Å². The lowest BCUT2D eigenvalue weighted by Gasteiger charge is -2.28. The molecule has 0 saturated carbocycles. The maximum Gasteiger partial charge on any atom is 0.352 e. The van der Waals surface area contributed by atoms with Gasteiger partial charge >= 0.3 is 5.97 Å². The number of H-pyrrole nitrogens is 1. The highest BCUT2D eigenvalue weighted by molar-refractivity contribution is 5.98. The number of carbonyl (C=O) groups is 2. The molecule has 6 nitrogen and oxygen atoms in total. The predicted molar refractivity (Wildman–Crippen MR) is 93.5 cm³/mol. The van der Waals surface area contributed by atoms with E-state index in [2.05, 4.69) is 15.2 Å². The minimum atomic E-state index is -1.01. The molecule has 1 aromatic carbocycles. The number of aromatic carboxylic acids is 1. The van der Waals surface area contributed by atoms with Crippen LogP contribution in [0, 0.1) is 0 Å². The summed E-state index contributed by atoms with van der Waals surface area (Å²) in [5.41, 5.74) is 2.69. The van der Waals surface area contributed by atoms with Gasteiger partial charge in [-0.3, -0.25) is 4.79 Å². The molecule has 0 aliphatic carbocycles. The quantitative estimate of drug-likeness (QED) is 0.787. The van der Waals surface area contributed by atoms with Gasteiger partial charge in [0.15, 0.2) is 0 Å². The number of hydrogen-bond acceptors (Lipinski definition) is 3. The molecule has 0 bridgehead atoms. The monoisotopic (exact) mass is 329 g/mol. The van der Waals surface area contributed by atoms with Crippen molar-refractivity contribution in [1.82, 2.24) is 10.3 Å². The molecule has 1 aromatic heterocycles. The third kappa shape index (κ3) is 3.22. The second-order valence-corrected chi connectivity index (χ2v) is 6.19. The SMILES string of the molecule is CCC(=O)NCc1c(C(=O)O)[nH]c2ccc(N3CCCCC3)cc12. The Morgan fingerprint density at radius 1 is 1.25 bits per heavy atom. The molecule has 128 valence electrons. The number of hydrogen-bond donors (Lipinski definition) is 3. The molecule has 1 aliphatic heterocycles. The molecule has 24 heavy (non-hydrogen) atoms. The molecule has 1 saturated heterocycles. The molecule has 0 radical (unpaired) electrons. The molecule has 2 heterocycles. The Kier molecular flexibility index (Phi) is 4.74. The van der Waals surface area contributed by atoms with Crippen molar-refractivity contribution in [3.63, 3.8) is 0 Å². The Morgan fingerprint density at radius 3 is 2.67 bits per heavy atom. The van der Waals surface area contributed by atoms with Crippen LogP contribution in [-0.2, 0) is 11.3 Å². The van der Waals surface area contributed by atoms with Crippen molar-refractivity contribution >= 4 is 28.5 Å². The number of aromatic nitrogens is 1. The Hall–Kier alpha value is -2.50. The first kappa shape index (κ1) is 16.4. The van der Waals surface area contributed by atoms with E-state index >= 15 is 0 Å². The Balaban J connectivity index is 1.99. The van der Waals surface area contributed by atoms with Crippen LogP contribution in [0.3, 0.4) is 0 Å². The van der Waals surface area contributed by atoms with Gasteiger partial charge < -0.3 is 20.3 Å². The van der Waals surface area contributed by atoms with E-state index in [1.807, 2.05) is 18.2 Å². The average Bonchev–Trinajstić information content (AvgIpc) is 2.98. The van der Waals surface area contributed by atoms with Crippen molar-refractivity contribution in [2.75, 3.05) is 18.0 Å². The summed E-state index contributed by atoms with van der Waals surface area (Å²) in [6, 6.07) is 6.00. The van der Waals surface area contributed by atoms with Crippen LogP contribution in [0.25, 0.3) is 10.9 Å². The van der Waals surface area contributed by atoms with Crippen LogP contribution in [0.2, 0.25) is 0 Å². The van der Waals surface area contributed by atoms with Crippen molar-refractivity contribution in [1.29, 1.82) is 0 Å². The van der Waals surface area contributed by atoms with Crippen LogP contribution in [0.1, 0.15) is 48.7 Å². The maximum atomic E-state index is 11.6. The van der Waals surface area contributed by atoms with Gasteiger partial charge in [-0.05, 0) is 37.5 Å². The largest absolute Gasteiger partial charge is 0.477 e. The van der Waals surface area contributed by atoms with Gasteiger partial charge in [-0.25, -0.2) is 4.79 Å². The van der Waals surface area contributed by atoms with Crippen LogP contribution in [-0.4, -0.2) is 35.1 Å². The molecule has 1 aliphatic rings. The lowest BCUT2D eigenvalue weighted by atomic mass is 10.1. The molecule has 1 amide bonds. The fraction of sp³-hybridized carbons (Fsp3) is 0.444. The predicted octanol–water partition coefficient (Wildman–Crippen LogP) is 2.88. The van der Waals surface area contributed by atoms with Gasteiger partial charge in [0.25, 0.3) is 0 Å².